The number of benzene rings is 1. The van der Waals surface area contributed by atoms with Gasteiger partial charge in [0.05, 0.1) is 6.42 Å². The van der Waals surface area contributed by atoms with Crippen molar-refractivity contribution in [2.75, 3.05) is 13.1 Å². The summed E-state index contributed by atoms with van der Waals surface area (Å²) in [6.07, 6.45) is 2.93. The van der Waals surface area contributed by atoms with E-state index >= 15 is 0 Å². The lowest BCUT2D eigenvalue weighted by Crippen LogP contribution is -2.45. The molecule has 0 spiro atoms. The highest BCUT2D eigenvalue weighted by Crippen LogP contribution is 2.19. The van der Waals surface area contributed by atoms with Crippen molar-refractivity contribution in [3.8, 4) is 0 Å². The fourth-order valence-electron chi connectivity index (χ4n) is 2.94. The average molecular weight is 316 g/mol. The molecule has 4 nitrogen and oxygen atoms in total. The van der Waals surface area contributed by atoms with E-state index in [9.17, 15) is 9.59 Å². The zero-order valence-electron chi connectivity index (χ0n) is 14.5. The van der Waals surface area contributed by atoms with Gasteiger partial charge >= 0.3 is 0 Å². The molecule has 1 aliphatic heterocycles. The number of hydrogen-bond donors (Lipinski definition) is 1. The molecule has 1 fully saturated rings. The van der Waals surface area contributed by atoms with Crippen LogP contribution in [0.3, 0.4) is 0 Å². The Balaban J connectivity index is 1.83. The van der Waals surface area contributed by atoms with Gasteiger partial charge in [0.1, 0.15) is 0 Å². The number of carbonyl (C=O) groups is 2. The number of piperidine rings is 1. The lowest BCUT2D eigenvalue weighted by molar-refractivity contribution is -0.135. The fourth-order valence-corrected chi connectivity index (χ4v) is 2.94. The molecule has 0 saturated carbocycles. The van der Waals surface area contributed by atoms with Gasteiger partial charge in [0.15, 0.2) is 0 Å². The van der Waals surface area contributed by atoms with Crippen molar-refractivity contribution in [1.82, 2.24) is 10.2 Å². The van der Waals surface area contributed by atoms with Crippen LogP contribution in [0.25, 0.3) is 0 Å². The Labute approximate surface area is 139 Å². The van der Waals surface area contributed by atoms with Crippen molar-refractivity contribution in [1.29, 1.82) is 0 Å². The number of aryl methyl sites for hydroxylation is 1. The zero-order chi connectivity index (χ0) is 16.8. The first-order valence-electron chi connectivity index (χ1n) is 8.64. The maximum Gasteiger partial charge on any atom is 0.226 e. The molecule has 0 radical (unpaired) electrons. The maximum atomic E-state index is 12.4. The average Bonchev–Trinajstić information content (AvgIpc) is 2.56. The van der Waals surface area contributed by atoms with E-state index in [0.717, 1.165) is 30.4 Å². The molecule has 0 aromatic heterocycles. The van der Waals surface area contributed by atoms with Crippen molar-refractivity contribution in [2.45, 2.75) is 52.5 Å². The summed E-state index contributed by atoms with van der Waals surface area (Å²) in [5.41, 5.74) is 2.25. The van der Waals surface area contributed by atoms with Gasteiger partial charge in [-0.3, -0.25) is 9.59 Å². The molecule has 1 aliphatic rings. The topological polar surface area (TPSA) is 49.4 Å². The van der Waals surface area contributed by atoms with Gasteiger partial charge in [-0.15, -0.1) is 0 Å². The second-order valence-electron chi connectivity index (χ2n) is 6.58. The molecule has 0 aliphatic carbocycles. The molecule has 23 heavy (non-hydrogen) atoms. The smallest absolute Gasteiger partial charge is 0.226 e. The third-order valence-electron chi connectivity index (χ3n) is 4.82. The lowest BCUT2D eigenvalue weighted by atomic mass is 9.95. The third kappa shape index (κ3) is 4.81. The van der Waals surface area contributed by atoms with E-state index in [1.807, 2.05) is 43.0 Å². The predicted molar refractivity (Wildman–Crippen MR) is 92.1 cm³/mol. The van der Waals surface area contributed by atoms with Gasteiger partial charge in [0, 0.05) is 25.0 Å². The van der Waals surface area contributed by atoms with Crippen LogP contribution in [0.1, 0.15) is 44.2 Å². The van der Waals surface area contributed by atoms with Gasteiger partial charge in [-0.1, -0.05) is 31.2 Å². The number of amides is 2. The van der Waals surface area contributed by atoms with Crippen molar-refractivity contribution >= 4 is 11.8 Å². The molecular formula is C19H28N2O2. The number of carbonyl (C=O) groups excluding carboxylic acids is 2. The molecular weight excluding hydrogens is 288 g/mol. The number of hydrogen-bond acceptors (Lipinski definition) is 2. The van der Waals surface area contributed by atoms with Crippen LogP contribution in [0.4, 0.5) is 0 Å². The lowest BCUT2D eigenvalue weighted by Gasteiger charge is -2.32. The van der Waals surface area contributed by atoms with Crippen LogP contribution in [-0.4, -0.2) is 35.8 Å². The van der Waals surface area contributed by atoms with Crippen LogP contribution in [-0.2, 0) is 16.0 Å². The fraction of sp³-hybridized carbons (Fsp3) is 0.579. The summed E-state index contributed by atoms with van der Waals surface area (Å²) in [6, 6.07) is 8.24. The Bertz CT molecular complexity index is 548. The standard InChI is InChI=1S/C19H28N2O2/c1-4-15(3)20-19(23)16-9-11-21(12-10-16)18(22)13-17-8-6-5-7-14(17)2/h5-8,15-16H,4,9-13H2,1-3H3,(H,20,23). The zero-order valence-corrected chi connectivity index (χ0v) is 14.5. The normalized spacial score (nSPS) is 16.9. The van der Waals surface area contributed by atoms with E-state index in [2.05, 4.69) is 12.2 Å². The van der Waals surface area contributed by atoms with Crippen LogP contribution in [0.5, 0.6) is 0 Å². The molecule has 1 N–H and O–H groups in total. The van der Waals surface area contributed by atoms with Gasteiger partial charge in [0.25, 0.3) is 0 Å². The Kier molecular flexibility index (Phi) is 6.20. The van der Waals surface area contributed by atoms with E-state index < -0.39 is 0 Å². The quantitative estimate of drug-likeness (QED) is 0.908. The van der Waals surface area contributed by atoms with Gasteiger partial charge in [-0.2, -0.15) is 0 Å². The van der Waals surface area contributed by atoms with Gasteiger partial charge in [-0.25, -0.2) is 0 Å². The SMILES string of the molecule is CCC(C)NC(=O)C1CCN(C(=O)Cc2ccccc2C)CC1. The summed E-state index contributed by atoms with van der Waals surface area (Å²) < 4.78 is 0. The minimum atomic E-state index is 0.0477. The highest BCUT2D eigenvalue weighted by atomic mass is 16.2. The van der Waals surface area contributed by atoms with Crippen LogP contribution in [0, 0.1) is 12.8 Å². The summed E-state index contributed by atoms with van der Waals surface area (Å²) in [6.45, 7) is 7.50. The first-order valence-corrected chi connectivity index (χ1v) is 8.64. The third-order valence-corrected chi connectivity index (χ3v) is 4.82. The van der Waals surface area contributed by atoms with E-state index in [-0.39, 0.29) is 23.8 Å². The van der Waals surface area contributed by atoms with Crippen molar-refractivity contribution in [3.05, 3.63) is 35.4 Å². The first-order chi connectivity index (χ1) is 11.0. The van der Waals surface area contributed by atoms with Crippen LogP contribution >= 0.6 is 0 Å². The van der Waals surface area contributed by atoms with E-state index in [1.165, 1.54) is 0 Å². The molecule has 1 aromatic carbocycles. The molecule has 2 rings (SSSR count). The Morgan fingerprint density at radius 2 is 1.91 bits per heavy atom. The highest BCUT2D eigenvalue weighted by Gasteiger charge is 2.27. The van der Waals surface area contributed by atoms with E-state index in [1.54, 1.807) is 0 Å². The van der Waals surface area contributed by atoms with Gasteiger partial charge < -0.3 is 10.2 Å². The molecule has 0 bridgehead atoms. The molecule has 4 heteroatoms. The van der Waals surface area contributed by atoms with Gasteiger partial charge in [0.2, 0.25) is 11.8 Å². The highest BCUT2D eigenvalue weighted by molar-refractivity contribution is 5.81. The summed E-state index contributed by atoms with van der Waals surface area (Å²) in [4.78, 5) is 26.5. The predicted octanol–water partition coefficient (Wildman–Crippen LogP) is 2.69. The molecule has 126 valence electrons. The molecule has 1 saturated heterocycles. The summed E-state index contributed by atoms with van der Waals surface area (Å²) in [7, 11) is 0. The second-order valence-corrected chi connectivity index (χ2v) is 6.58. The molecule has 2 amide bonds. The second kappa shape index (κ2) is 8.14. The van der Waals surface area contributed by atoms with Crippen molar-refractivity contribution < 1.29 is 9.59 Å². The number of rotatable bonds is 5. The van der Waals surface area contributed by atoms with E-state index in [4.69, 9.17) is 0 Å². The Morgan fingerprint density at radius 3 is 2.52 bits per heavy atom. The summed E-state index contributed by atoms with van der Waals surface area (Å²) >= 11 is 0. The maximum absolute atomic E-state index is 12.4. The molecule has 1 aromatic rings. The molecule has 1 heterocycles. The summed E-state index contributed by atoms with van der Waals surface area (Å²) in [5.74, 6) is 0.358. The van der Waals surface area contributed by atoms with Crippen molar-refractivity contribution in [2.24, 2.45) is 5.92 Å². The van der Waals surface area contributed by atoms with Crippen molar-refractivity contribution in [3.63, 3.8) is 0 Å². The van der Waals surface area contributed by atoms with Crippen LogP contribution in [0.15, 0.2) is 24.3 Å². The monoisotopic (exact) mass is 316 g/mol. The summed E-state index contributed by atoms with van der Waals surface area (Å²) in [5, 5.41) is 3.05. The minimum Gasteiger partial charge on any atom is -0.353 e. The molecule has 1 atom stereocenters. The Morgan fingerprint density at radius 1 is 1.26 bits per heavy atom. The van der Waals surface area contributed by atoms with Crippen LogP contribution < -0.4 is 5.32 Å². The minimum absolute atomic E-state index is 0.0477. The van der Waals surface area contributed by atoms with Gasteiger partial charge in [-0.05, 0) is 44.2 Å². The van der Waals surface area contributed by atoms with Crippen LogP contribution in [0.2, 0.25) is 0 Å². The first kappa shape index (κ1) is 17.5. The Hall–Kier alpha value is -1.84. The number of nitrogens with zero attached hydrogens (tertiary/aromatic N) is 1. The molecule has 1 unspecified atom stereocenters. The largest absolute Gasteiger partial charge is 0.353 e. The number of nitrogens with one attached hydrogen (secondary N) is 1. The number of likely N-dealkylation sites (tertiary alicyclic amines) is 1. The van der Waals surface area contributed by atoms with E-state index in [0.29, 0.717) is 19.5 Å².